The van der Waals surface area contributed by atoms with Crippen LogP contribution in [-0.2, 0) is 6.54 Å². The van der Waals surface area contributed by atoms with E-state index in [1.54, 1.807) is 41.0 Å². The number of H-pyrrole nitrogens is 1. The highest BCUT2D eigenvalue weighted by Gasteiger charge is 2.15. The molecule has 0 amide bonds. The summed E-state index contributed by atoms with van der Waals surface area (Å²) < 4.78 is 15.8. The Morgan fingerprint density at radius 1 is 1.08 bits per heavy atom. The zero-order chi connectivity index (χ0) is 18.3. The topological polar surface area (TPSA) is 70.3 Å². The maximum Gasteiger partial charge on any atom is 0.173 e. The van der Waals surface area contributed by atoms with E-state index in [0.717, 1.165) is 5.56 Å². The third-order valence-corrected chi connectivity index (χ3v) is 4.75. The minimum absolute atomic E-state index is 0.0246. The lowest BCUT2D eigenvalue weighted by atomic mass is 10.2. The smallest absolute Gasteiger partial charge is 0.173 e. The van der Waals surface area contributed by atoms with E-state index < -0.39 is 5.82 Å². The molecule has 0 saturated heterocycles. The molecule has 0 atom stereocenters. The van der Waals surface area contributed by atoms with Crippen molar-refractivity contribution in [1.82, 2.24) is 19.5 Å². The van der Waals surface area contributed by atoms with Crippen molar-refractivity contribution in [2.45, 2.75) is 6.54 Å². The lowest BCUT2D eigenvalue weighted by Gasteiger charge is -2.10. The lowest BCUT2D eigenvalue weighted by Crippen LogP contribution is -2.13. The minimum atomic E-state index is -0.397. The second kappa shape index (κ2) is 6.55. The van der Waals surface area contributed by atoms with Crippen molar-refractivity contribution in [3.8, 4) is 11.4 Å². The van der Waals surface area contributed by atoms with Gasteiger partial charge in [-0.05, 0) is 24.3 Å². The average Bonchev–Trinajstić information content (AvgIpc) is 3.07. The number of benzene rings is 2. The first-order valence-corrected chi connectivity index (χ1v) is 8.47. The number of fused-ring (bicyclic) bond motifs is 1. The molecule has 0 bridgehead atoms. The van der Waals surface area contributed by atoms with Gasteiger partial charge in [0.15, 0.2) is 11.1 Å². The van der Waals surface area contributed by atoms with E-state index in [9.17, 15) is 4.39 Å². The zero-order valence-corrected chi connectivity index (χ0v) is 14.8. The first-order valence-electron chi connectivity index (χ1n) is 7.72. The molecule has 2 N–H and O–H groups in total. The molecular weight excluding hydrogens is 376 g/mol. The Morgan fingerprint density at radius 2 is 1.81 bits per heavy atom. The summed E-state index contributed by atoms with van der Waals surface area (Å²) in [7, 11) is 0. The van der Waals surface area contributed by atoms with Gasteiger partial charge < -0.3 is 9.55 Å². The van der Waals surface area contributed by atoms with Gasteiger partial charge in [-0.15, -0.1) is 0 Å². The van der Waals surface area contributed by atoms with Gasteiger partial charge in [-0.25, -0.2) is 14.4 Å². The fraction of sp³-hybridized carbons (Fsp3) is 0.0556. The van der Waals surface area contributed by atoms with E-state index >= 15 is 0 Å². The van der Waals surface area contributed by atoms with Crippen LogP contribution in [0.5, 0.6) is 0 Å². The van der Waals surface area contributed by atoms with Crippen LogP contribution in [0.2, 0.25) is 10.0 Å². The van der Waals surface area contributed by atoms with Crippen LogP contribution in [0.4, 0.5) is 4.39 Å². The molecule has 4 rings (SSSR count). The highest BCUT2D eigenvalue weighted by Crippen LogP contribution is 2.26. The molecule has 2 aromatic carbocycles. The van der Waals surface area contributed by atoms with Crippen molar-refractivity contribution in [3.05, 3.63) is 75.7 Å². The van der Waals surface area contributed by atoms with Gasteiger partial charge in [-0.3, -0.25) is 5.41 Å². The van der Waals surface area contributed by atoms with Crippen LogP contribution >= 0.6 is 23.2 Å². The van der Waals surface area contributed by atoms with E-state index in [1.807, 2.05) is 0 Å². The normalized spacial score (nSPS) is 11.2. The molecule has 4 aromatic rings. The van der Waals surface area contributed by atoms with Crippen molar-refractivity contribution in [2.24, 2.45) is 0 Å². The average molecular weight is 388 g/mol. The molecule has 0 aliphatic heterocycles. The predicted molar refractivity (Wildman–Crippen MR) is 98.7 cm³/mol. The second-order valence-corrected chi connectivity index (χ2v) is 6.50. The maximum atomic E-state index is 14.1. The van der Waals surface area contributed by atoms with E-state index in [1.165, 1.54) is 12.4 Å². The summed E-state index contributed by atoms with van der Waals surface area (Å²) in [5.74, 6) is -0.0645. The van der Waals surface area contributed by atoms with Crippen molar-refractivity contribution >= 4 is 34.4 Å². The van der Waals surface area contributed by atoms with Gasteiger partial charge in [0.25, 0.3) is 0 Å². The van der Waals surface area contributed by atoms with Crippen molar-refractivity contribution in [3.63, 3.8) is 0 Å². The van der Waals surface area contributed by atoms with Crippen LogP contribution in [0.3, 0.4) is 0 Å². The van der Waals surface area contributed by atoms with E-state index in [0.29, 0.717) is 39.1 Å². The zero-order valence-electron chi connectivity index (χ0n) is 13.3. The van der Waals surface area contributed by atoms with Crippen LogP contribution in [0.15, 0.2) is 48.8 Å². The molecule has 8 heteroatoms. The van der Waals surface area contributed by atoms with Gasteiger partial charge in [-0.1, -0.05) is 41.4 Å². The fourth-order valence-corrected chi connectivity index (χ4v) is 3.25. The molecule has 0 fully saturated rings. The fourth-order valence-electron chi connectivity index (χ4n) is 2.73. The molecular formula is C18H12Cl2FN5. The molecule has 0 saturated carbocycles. The minimum Gasteiger partial charge on any atom is -0.333 e. The number of hydrogen-bond donors (Lipinski definition) is 2. The highest BCUT2D eigenvalue weighted by atomic mass is 35.5. The number of imidazole rings is 1. The summed E-state index contributed by atoms with van der Waals surface area (Å²) in [6.45, 7) is 0.323. The third kappa shape index (κ3) is 2.87. The Hall–Kier alpha value is -2.70. The summed E-state index contributed by atoms with van der Waals surface area (Å²) in [6, 6.07) is 11.6. The van der Waals surface area contributed by atoms with Crippen LogP contribution in [0, 0.1) is 11.2 Å². The molecule has 5 nitrogen and oxygen atoms in total. The molecule has 0 aliphatic carbocycles. The lowest BCUT2D eigenvalue weighted by molar-refractivity contribution is 0.630. The Kier molecular flexibility index (Phi) is 4.22. The Bertz CT molecular complexity index is 1160. The third-order valence-electron chi connectivity index (χ3n) is 4.04. The molecule has 130 valence electrons. The van der Waals surface area contributed by atoms with Crippen molar-refractivity contribution in [2.75, 3.05) is 0 Å². The Labute approximate surface area is 157 Å². The molecule has 0 unspecified atom stereocenters. The maximum absolute atomic E-state index is 14.1. The molecule has 26 heavy (non-hydrogen) atoms. The standard InChI is InChI=1S/C18H12Cl2FN5/c19-12-5-3-6-13(20)11(12)8-26-9-23-16(22)15-18(26)25-17(24-15)10-4-1-2-7-14(10)21/h1-7,9,22H,8H2,(H,24,25). The summed E-state index contributed by atoms with van der Waals surface area (Å²) in [5.41, 5.74) is 1.95. The van der Waals surface area contributed by atoms with Crippen LogP contribution in [0.1, 0.15) is 5.56 Å². The first kappa shape index (κ1) is 16.8. The van der Waals surface area contributed by atoms with Gasteiger partial charge in [-0.2, -0.15) is 0 Å². The Balaban J connectivity index is 1.88. The van der Waals surface area contributed by atoms with Crippen molar-refractivity contribution < 1.29 is 4.39 Å². The quantitative estimate of drug-likeness (QED) is 0.546. The molecule has 2 heterocycles. The number of rotatable bonds is 3. The SMILES string of the molecule is N=c1ncn(Cc2c(Cl)cccc2Cl)c2nc(-c3ccccc3F)[nH]c12. The number of hydrogen-bond acceptors (Lipinski definition) is 3. The van der Waals surface area contributed by atoms with Crippen LogP contribution < -0.4 is 5.49 Å². The second-order valence-electron chi connectivity index (χ2n) is 5.69. The van der Waals surface area contributed by atoms with E-state index in [2.05, 4.69) is 15.0 Å². The van der Waals surface area contributed by atoms with Crippen molar-refractivity contribution in [1.29, 1.82) is 5.41 Å². The molecule has 0 spiro atoms. The Morgan fingerprint density at radius 3 is 2.54 bits per heavy atom. The number of nitrogens with one attached hydrogen (secondary N) is 2. The monoisotopic (exact) mass is 387 g/mol. The number of nitrogens with zero attached hydrogens (tertiary/aromatic N) is 3. The van der Waals surface area contributed by atoms with Gasteiger partial charge in [0.2, 0.25) is 0 Å². The number of halogens is 3. The summed E-state index contributed by atoms with van der Waals surface area (Å²) in [4.78, 5) is 11.5. The van der Waals surface area contributed by atoms with E-state index in [-0.39, 0.29) is 5.49 Å². The summed E-state index contributed by atoms with van der Waals surface area (Å²) >= 11 is 12.5. The van der Waals surface area contributed by atoms with E-state index in [4.69, 9.17) is 28.6 Å². The van der Waals surface area contributed by atoms with Gasteiger partial charge in [0.1, 0.15) is 17.2 Å². The number of aromatic nitrogens is 4. The molecule has 2 aromatic heterocycles. The molecule has 0 radical (unpaired) electrons. The highest BCUT2D eigenvalue weighted by molar-refractivity contribution is 6.36. The predicted octanol–water partition coefficient (Wildman–Crippen LogP) is 4.40. The first-order chi connectivity index (χ1) is 12.5. The van der Waals surface area contributed by atoms with Gasteiger partial charge >= 0.3 is 0 Å². The van der Waals surface area contributed by atoms with Gasteiger partial charge in [0.05, 0.1) is 18.4 Å². The van der Waals surface area contributed by atoms with Crippen LogP contribution in [-0.4, -0.2) is 19.5 Å². The summed E-state index contributed by atoms with van der Waals surface area (Å²) in [5, 5.41) is 9.06. The van der Waals surface area contributed by atoms with Crippen LogP contribution in [0.25, 0.3) is 22.6 Å². The summed E-state index contributed by atoms with van der Waals surface area (Å²) in [6.07, 6.45) is 1.50. The molecule has 0 aliphatic rings. The largest absolute Gasteiger partial charge is 0.333 e. The number of aromatic amines is 1. The van der Waals surface area contributed by atoms with Gasteiger partial charge in [0, 0.05) is 15.6 Å².